The Morgan fingerprint density at radius 2 is 2.38 bits per heavy atom. The maximum absolute atomic E-state index is 5.89. The Hall–Kier alpha value is -1.55. The van der Waals surface area contributed by atoms with E-state index in [1.54, 1.807) is 13.3 Å². The fourth-order valence-electron chi connectivity index (χ4n) is 1.33. The van der Waals surface area contributed by atoms with E-state index in [9.17, 15) is 0 Å². The zero-order valence-corrected chi connectivity index (χ0v) is 7.40. The molecule has 68 valence electrons. The van der Waals surface area contributed by atoms with Gasteiger partial charge >= 0.3 is 0 Å². The second-order valence-electron chi connectivity index (χ2n) is 2.85. The predicted octanol–water partition coefficient (Wildman–Crippen LogP) is 1.06. The highest BCUT2D eigenvalue weighted by Gasteiger charge is 2.04. The largest absolute Gasteiger partial charge is 0.395 e. The molecule has 0 aliphatic heterocycles. The summed E-state index contributed by atoms with van der Waals surface area (Å²) in [6, 6.07) is 1.94. The molecule has 0 unspecified atom stereocenters. The zero-order chi connectivity index (χ0) is 9.26. The van der Waals surface area contributed by atoms with E-state index in [4.69, 9.17) is 10.5 Å². The van der Waals surface area contributed by atoms with Crippen LogP contribution >= 0.6 is 0 Å². The van der Waals surface area contributed by atoms with Gasteiger partial charge in [0.15, 0.2) is 5.65 Å². The minimum Gasteiger partial charge on any atom is -0.395 e. The molecule has 2 aromatic heterocycles. The molecule has 0 saturated heterocycles. The third kappa shape index (κ3) is 1.25. The van der Waals surface area contributed by atoms with Crippen molar-refractivity contribution in [1.29, 1.82) is 0 Å². The Labute approximate surface area is 76.0 Å². The molecule has 0 aromatic carbocycles. The van der Waals surface area contributed by atoms with Gasteiger partial charge in [0.05, 0.1) is 12.3 Å². The molecule has 0 saturated carbocycles. The number of aromatic nitrogens is 2. The Morgan fingerprint density at radius 3 is 3.15 bits per heavy atom. The maximum Gasteiger partial charge on any atom is 0.160 e. The molecule has 4 nitrogen and oxygen atoms in total. The first-order valence-electron chi connectivity index (χ1n) is 4.02. The average Bonchev–Trinajstić information content (AvgIpc) is 2.58. The Morgan fingerprint density at radius 1 is 1.54 bits per heavy atom. The van der Waals surface area contributed by atoms with Gasteiger partial charge in [0.2, 0.25) is 0 Å². The molecule has 0 aliphatic rings. The van der Waals surface area contributed by atoms with Crippen LogP contribution in [0.25, 0.3) is 5.65 Å². The summed E-state index contributed by atoms with van der Waals surface area (Å²) >= 11 is 0. The van der Waals surface area contributed by atoms with Gasteiger partial charge in [0.25, 0.3) is 0 Å². The SMILES string of the molecule is COCc1ccn2ccnc2c1N. The molecule has 2 N–H and O–H groups in total. The van der Waals surface area contributed by atoms with Crippen LogP contribution in [0.1, 0.15) is 5.56 Å². The lowest BCUT2D eigenvalue weighted by Gasteiger charge is -2.05. The number of ether oxygens (including phenoxy) is 1. The fourth-order valence-corrected chi connectivity index (χ4v) is 1.33. The van der Waals surface area contributed by atoms with Gasteiger partial charge in [-0.25, -0.2) is 4.98 Å². The van der Waals surface area contributed by atoms with Crippen molar-refractivity contribution in [2.75, 3.05) is 12.8 Å². The summed E-state index contributed by atoms with van der Waals surface area (Å²) in [6.45, 7) is 0.523. The van der Waals surface area contributed by atoms with Crippen LogP contribution in [0.3, 0.4) is 0 Å². The Bertz CT molecular complexity index is 422. The minimum atomic E-state index is 0.523. The van der Waals surface area contributed by atoms with Crippen LogP contribution in [0.15, 0.2) is 24.7 Å². The van der Waals surface area contributed by atoms with Crippen LogP contribution in [0.2, 0.25) is 0 Å². The third-order valence-corrected chi connectivity index (χ3v) is 1.99. The van der Waals surface area contributed by atoms with Crippen LogP contribution in [0.5, 0.6) is 0 Å². The monoisotopic (exact) mass is 177 g/mol. The fraction of sp³-hybridized carbons (Fsp3) is 0.222. The normalized spacial score (nSPS) is 10.8. The second kappa shape index (κ2) is 3.06. The number of nitrogens with two attached hydrogens (primary N) is 1. The van der Waals surface area contributed by atoms with Gasteiger partial charge in [0.1, 0.15) is 0 Å². The molecular weight excluding hydrogens is 166 g/mol. The molecule has 4 heteroatoms. The average molecular weight is 177 g/mol. The van der Waals surface area contributed by atoms with Gasteiger partial charge < -0.3 is 14.9 Å². The number of nitrogen functional groups attached to an aromatic ring is 1. The van der Waals surface area contributed by atoms with E-state index < -0.39 is 0 Å². The summed E-state index contributed by atoms with van der Waals surface area (Å²) in [5.74, 6) is 0. The van der Waals surface area contributed by atoms with Crippen LogP contribution < -0.4 is 5.73 Å². The number of fused-ring (bicyclic) bond motifs is 1. The highest BCUT2D eigenvalue weighted by Crippen LogP contribution is 2.17. The number of rotatable bonds is 2. The van der Waals surface area contributed by atoms with Gasteiger partial charge in [-0.05, 0) is 6.07 Å². The summed E-state index contributed by atoms with van der Waals surface area (Å²) in [6.07, 6.45) is 5.51. The van der Waals surface area contributed by atoms with E-state index in [1.165, 1.54) is 0 Å². The number of hydrogen-bond acceptors (Lipinski definition) is 3. The molecule has 0 atom stereocenters. The molecule has 0 aliphatic carbocycles. The smallest absolute Gasteiger partial charge is 0.160 e. The molecule has 0 radical (unpaired) electrons. The summed E-state index contributed by atoms with van der Waals surface area (Å²) in [4.78, 5) is 4.14. The van der Waals surface area contributed by atoms with Gasteiger partial charge in [-0.3, -0.25) is 0 Å². The standard InChI is InChI=1S/C9H11N3O/c1-13-6-7-2-4-12-5-3-11-9(12)8(7)10/h2-5H,6,10H2,1H3. The van der Waals surface area contributed by atoms with E-state index in [0.717, 1.165) is 11.2 Å². The number of hydrogen-bond donors (Lipinski definition) is 1. The topological polar surface area (TPSA) is 52.5 Å². The Balaban J connectivity index is 2.59. The molecule has 0 fully saturated rings. The molecule has 0 spiro atoms. The molecule has 0 amide bonds. The van der Waals surface area contributed by atoms with E-state index in [-0.39, 0.29) is 0 Å². The first-order valence-corrected chi connectivity index (χ1v) is 4.02. The van der Waals surface area contributed by atoms with Gasteiger partial charge in [0, 0.05) is 31.3 Å². The second-order valence-corrected chi connectivity index (χ2v) is 2.85. The van der Waals surface area contributed by atoms with Crippen LogP contribution in [-0.2, 0) is 11.3 Å². The molecule has 13 heavy (non-hydrogen) atoms. The van der Waals surface area contributed by atoms with Crippen molar-refractivity contribution in [2.24, 2.45) is 0 Å². The van der Waals surface area contributed by atoms with E-state index in [2.05, 4.69) is 4.98 Å². The number of anilines is 1. The van der Waals surface area contributed by atoms with E-state index in [0.29, 0.717) is 12.3 Å². The van der Waals surface area contributed by atoms with Crippen molar-refractivity contribution in [2.45, 2.75) is 6.61 Å². The van der Waals surface area contributed by atoms with Crippen molar-refractivity contribution >= 4 is 11.3 Å². The summed E-state index contributed by atoms with van der Waals surface area (Å²) in [5.41, 5.74) is 8.34. The quantitative estimate of drug-likeness (QED) is 0.746. The number of nitrogens with zero attached hydrogens (tertiary/aromatic N) is 2. The van der Waals surface area contributed by atoms with Crippen LogP contribution in [0, 0.1) is 0 Å². The van der Waals surface area contributed by atoms with E-state index in [1.807, 2.05) is 22.9 Å². The highest BCUT2D eigenvalue weighted by molar-refractivity contribution is 5.68. The third-order valence-electron chi connectivity index (χ3n) is 1.99. The van der Waals surface area contributed by atoms with Crippen molar-refractivity contribution in [3.63, 3.8) is 0 Å². The predicted molar refractivity (Wildman–Crippen MR) is 50.3 cm³/mol. The summed E-state index contributed by atoms with van der Waals surface area (Å²) in [7, 11) is 1.65. The highest BCUT2D eigenvalue weighted by atomic mass is 16.5. The van der Waals surface area contributed by atoms with Crippen molar-refractivity contribution in [3.8, 4) is 0 Å². The number of imidazole rings is 1. The summed E-state index contributed by atoms with van der Waals surface area (Å²) < 4.78 is 6.90. The van der Waals surface area contributed by atoms with Crippen molar-refractivity contribution in [3.05, 3.63) is 30.2 Å². The van der Waals surface area contributed by atoms with Crippen molar-refractivity contribution < 1.29 is 4.74 Å². The minimum absolute atomic E-state index is 0.523. The number of methoxy groups -OCH3 is 1. The first kappa shape index (κ1) is 8.07. The molecule has 2 rings (SSSR count). The lowest BCUT2D eigenvalue weighted by atomic mass is 10.2. The van der Waals surface area contributed by atoms with E-state index >= 15 is 0 Å². The maximum atomic E-state index is 5.89. The zero-order valence-electron chi connectivity index (χ0n) is 7.40. The molecular formula is C9H11N3O. The van der Waals surface area contributed by atoms with Crippen molar-refractivity contribution in [1.82, 2.24) is 9.38 Å². The molecule has 2 heterocycles. The lowest BCUT2D eigenvalue weighted by Crippen LogP contribution is -1.99. The first-order chi connectivity index (χ1) is 6.33. The lowest BCUT2D eigenvalue weighted by molar-refractivity contribution is 0.185. The summed E-state index contributed by atoms with van der Waals surface area (Å²) in [5, 5.41) is 0. The van der Waals surface area contributed by atoms with Gasteiger partial charge in [-0.2, -0.15) is 0 Å². The molecule has 0 bridgehead atoms. The van der Waals surface area contributed by atoms with Gasteiger partial charge in [-0.1, -0.05) is 0 Å². The molecule has 2 aromatic rings. The van der Waals surface area contributed by atoms with Crippen LogP contribution in [0.4, 0.5) is 5.69 Å². The Kier molecular flexibility index (Phi) is 1.90. The van der Waals surface area contributed by atoms with Crippen LogP contribution in [-0.4, -0.2) is 16.5 Å². The van der Waals surface area contributed by atoms with Gasteiger partial charge in [-0.15, -0.1) is 0 Å². The number of pyridine rings is 1.